The van der Waals surface area contributed by atoms with Gasteiger partial charge in [-0.2, -0.15) is 0 Å². The lowest BCUT2D eigenvalue weighted by molar-refractivity contribution is 0.248. The van der Waals surface area contributed by atoms with Crippen molar-refractivity contribution in [2.75, 3.05) is 6.54 Å². The van der Waals surface area contributed by atoms with E-state index in [1.165, 1.54) is 30.5 Å². The van der Waals surface area contributed by atoms with E-state index in [2.05, 4.69) is 62.2 Å². The van der Waals surface area contributed by atoms with Gasteiger partial charge in [0.15, 0.2) is 0 Å². The van der Waals surface area contributed by atoms with Gasteiger partial charge in [-0.05, 0) is 54.8 Å². The Morgan fingerprint density at radius 2 is 1.84 bits per heavy atom. The van der Waals surface area contributed by atoms with Gasteiger partial charge >= 0.3 is 0 Å². The maximum Gasteiger partial charge on any atom is 0.0352 e. The molecule has 0 spiro atoms. The zero-order valence-corrected chi connectivity index (χ0v) is 12.4. The van der Waals surface area contributed by atoms with Gasteiger partial charge in [0.25, 0.3) is 0 Å². The van der Waals surface area contributed by atoms with Gasteiger partial charge < -0.3 is 0 Å². The molecule has 0 amide bonds. The second kappa shape index (κ2) is 5.85. The molecule has 1 unspecified atom stereocenters. The van der Waals surface area contributed by atoms with Crippen molar-refractivity contribution in [1.29, 1.82) is 0 Å². The van der Waals surface area contributed by atoms with E-state index >= 15 is 0 Å². The lowest BCUT2D eigenvalue weighted by Gasteiger charge is -2.25. The van der Waals surface area contributed by atoms with E-state index in [-0.39, 0.29) is 0 Å². The Bertz CT molecular complexity index is 524. The van der Waals surface area contributed by atoms with Crippen molar-refractivity contribution >= 4 is 15.9 Å². The molecule has 1 fully saturated rings. The fourth-order valence-corrected chi connectivity index (χ4v) is 3.06. The van der Waals surface area contributed by atoms with E-state index in [1.807, 2.05) is 12.4 Å². The van der Waals surface area contributed by atoms with E-state index in [9.17, 15) is 0 Å². The summed E-state index contributed by atoms with van der Waals surface area (Å²) in [6.07, 6.45) is 6.29. The summed E-state index contributed by atoms with van der Waals surface area (Å²) in [6.45, 7) is 2.20. The second-order valence-corrected chi connectivity index (χ2v) is 5.95. The average molecular weight is 317 g/mol. The van der Waals surface area contributed by atoms with E-state index in [1.54, 1.807) is 0 Å². The largest absolute Gasteiger partial charge is 0.292 e. The van der Waals surface area contributed by atoms with Gasteiger partial charge in [-0.25, -0.2) is 0 Å². The van der Waals surface area contributed by atoms with Crippen LogP contribution in [0.4, 0.5) is 0 Å². The van der Waals surface area contributed by atoms with Gasteiger partial charge in [-0.1, -0.05) is 28.1 Å². The lowest BCUT2D eigenvalue weighted by atomic mass is 10.0. The number of benzene rings is 1. The quantitative estimate of drug-likeness (QED) is 0.844. The number of hydrogen-bond acceptors (Lipinski definition) is 2. The molecular weight excluding hydrogens is 300 g/mol. The molecule has 0 N–H and O–H groups in total. The van der Waals surface area contributed by atoms with Crippen molar-refractivity contribution in [2.45, 2.75) is 25.4 Å². The Kier molecular flexibility index (Phi) is 3.95. The van der Waals surface area contributed by atoms with E-state index in [4.69, 9.17) is 0 Å². The number of hydrogen-bond donors (Lipinski definition) is 0. The molecule has 1 aromatic heterocycles. The minimum absolute atomic E-state index is 0.557. The molecule has 2 aromatic rings. The molecule has 3 rings (SSSR count). The van der Waals surface area contributed by atoms with E-state index < -0.39 is 0 Å². The van der Waals surface area contributed by atoms with Crippen LogP contribution in [0.5, 0.6) is 0 Å². The Balaban J connectivity index is 1.76. The van der Waals surface area contributed by atoms with Crippen LogP contribution in [0, 0.1) is 0 Å². The number of nitrogens with zero attached hydrogens (tertiary/aromatic N) is 2. The molecule has 0 saturated carbocycles. The van der Waals surface area contributed by atoms with Gasteiger partial charge in [-0.3, -0.25) is 9.88 Å². The monoisotopic (exact) mass is 316 g/mol. The third-order valence-corrected chi connectivity index (χ3v) is 4.28. The van der Waals surface area contributed by atoms with Crippen molar-refractivity contribution in [1.82, 2.24) is 9.88 Å². The molecule has 1 aliphatic heterocycles. The summed E-state index contributed by atoms with van der Waals surface area (Å²) in [7, 11) is 0. The molecular formula is C16H17BrN2. The summed E-state index contributed by atoms with van der Waals surface area (Å²) in [4.78, 5) is 6.65. The zero-order valence-electron chi connectivity index (χ0n) is 10.8. The van der Waals surface area contributed by atoms with Crippen molar-refractivity contribution in [3.8, 4) is 0 Å². The minimum Gasteiger partial charge on any atom is -0.292 e. The Morgan fingerprint density at radius 1 is 1.11 bits per heavy atom. The lowest BCUT2D eigenvalue weighted by Crippen LogP contribution is -2.22. The maximum atomic E-state index is 4.08. The topological polar surface area (TPSA) is 16.1 Å². The van der Waals surface area contributed by atoms with Crippen LogP contribution in [0.15, 0.2) is 53.3 Å². The minimum atomic E-state index is 0.557. The summed E-state index contributed by atoms with van der Waals surface area (Å²) in [5, 5.41) is 0. The standard InChI is InChI=1S/C16H17BrN2/c17-15-5-3-14(4-6-15)16-2-1-11-19(16)12-13-7-9-18-10-8-13/h3-10,16H,1-2,11-12H2. The normalized spacial score (nSPS) is 19.7. The Labute approximate surface area is 122 Å². The molecule has 2 heterocycles. The van der Waals surface area contributed by atoms with Crippen LogP contribution in [0.25, 0.3) is 0 Å². The van der Waals surface area contributed by atoms with Crippen molar-refractivity contribution in [3.05, 3.63) is 64.4 Å². The molecule has 98 valence electrons. The van der Waals surface area contributed by atoms with Crippen LogP contribution in [-0.4, -0.2) is 16.4 Å². The van der Waals surface area contributed by atoms with Crippen LogP contribution < -0.4 is 0 Å². The third kappa shape index (κ3) is 3.04. The number of halogens is 1. The molecule has 1 atom stereocenters. The van der Waals surface area contributed by atoms with Gasteiger partial charge in [-0.15, -0.1) is 0 Å². The molecule has 1 saturated heterocycles. The zero-order chi connectivity index (χ0) is 13.1. The molecule has 2 nitrogen and oxygen atoms in total. The van der Waals surface area contributed by atoms with Crippen LogP contribution in [0.2, 0.25) is 0 Å². The van der Waals surface area contributed by atoms with E-state index in [0.717, 1.165) is 11.0 Å². The van der Waals surface area contributed by atoms with E-state index in [0.29, 0.717) is 6.04 Å². The summed E-state index contributed by atoms with van der Waals surface area (Å²) in [5.41, 5.74) is 2.77. The SMILES string of the molecule is Brc1ccc(C2CCCN2Cc2ccncc2)cc1. The number of rotatable bonds is 3. The van der Waals surface area contributed by atoms with Gasteiger partial charge in [0, 0.05) is 29.5 Å². The molecule has 0 aliphatic carbocycles. The highest BCUT2D eigenvalue weighted by Gasteiger charge is 2.25. The van der Waals surface area contributed by atoms with Crippen molar-refractivity contribution < 1.29 is 0 Å². The predicted molar refractivity (Wildman–Crippen MR) is 80.8 cm³/mol. The summed E-state index contributed by atoms with van der Waals surface area (Å²) in [6, 6.07) is 13.5. The highest BCUT2D eigenvalue weighted by atomic mass is 79.9. The maximum absolute atomic E-state index is 4.08. The van der Waals surface area contributed by atoms with Crippen LogP contribution >= 0.6 is 15.9 Å². The fourth-order valence-electron chi connectivity index (χ4n) is 2.80. The number of pyridine rings is 1. The molecule has 1 aliphatic rings. The van der Waals surface area contributed by atoms with Crippen LogP contribution in [0.3, 0.4) is 0 Å². The van der Waals surface area contributed by atoms with Crippen molar-refractivity contribution in [2.24, 2.45) is 0 Å². The highest BCUT2D eigenvalue weighted by Crippen LogP contribution is 2.33. The average Bonchev–Trinajstić information content (AvgIpc) is 2.89. The molecule has 0 radical (unpaired) electrons. The predicted octanol–water partition coefficient (Wildman–Crippen LogP) is 4.18. The van der Waals surface area contributed by atoms with Gasteiger partial charge in [0.05, 0.1) is 0 Å². The first-order valence-electron chi connectivity index (χ1n) is 6.71. The highest BCUT2D eigenvalue weighted by molar-refractivity contribution is 9.10. The first-order chi connectivity index (χ1) is 9.33. The summed E-state index contributed by atoms with van der Waals surface area (Å²) in [5.74, 6) is 0. The smallest absolute Gasteiger partial charge is 0.0352 e. The second-order valence-electron chi connectivity index (χ2n) is 5.04. The Morgan fingerprint density at radius 3 is 2.58 bits per heavy atom. The number of aromatic nitrogens is 1. The first kappa shape index (κ1) is 12.8. The third-order valence-electron chi connectivity index (χ3n) is 3.75. The molecule has 3 heteroatoms. The van der Waals surface area contributed by atoms with Gasteiger partial charge in [0.2, 0.25) is 0 Å². The fraction of sp³-hybridized carbons (Fsp3) is 0.312. The van der Waals surface area contributed by atoms with Crippen LogP contribution in [0.1, 0.15) is 30.0 Å². The molecule has 19 heavy (non-hydrogen) atoms. The Hall–Kier alpha value is -1.19. The van der Waals surface area contributed by atoms with Crippen molar-refractivity contribution in [3.63, 3.8) is 0 Å². The molecule has 1 aromatic carbocycles. The number of likely N-dealkylation sites (tertiary alicyclic amines) is 1. The van der Waals surface area contributed by atoms with Crippen LogP contribution in [-0.2, 0) is 6.54 Å². The summed E-state index contributed by atoms with van der Waals surface area (Å²) < 4.78 is 1.15. The summed E-state index contributed by atoms with van der Waals surface area (Å²) >= 11 is 3.50. The first-order valence-corrected chi connectivity index (χ1v) is 7.50. The van der Waals surface area contributed by atoms with Gasteiger partial charge in [0.1, 0.15) is 0 Å². The molecule has 0 bridgehead atoms.